The molecular weight excluding hydrogens is 238 g/mol. The van der Waals surface area contributed by atoms with E-state index in [2.05, 4.69) is 4.98 Å². The first-order valence-electron chi connectivity index (χ1n) is 5.18. The van der Waals surface area contributed by atoms with Gasteiger partial charge >= 0.3 is 5.97 Å². The molecule has 0 radical (unpaired) electrons. The SMILES string of the molecule is C/C(=C\C(=O)O)c1c(C)[nH]c2ccc(Cl)cc12. The Morgan fingerprint density at radius 3 is 2.82 bits per heavy atom. The maximum atomic E-state index is 10.7. The van der Waals surface area contributed by atoms with Crippen molar-refractivity contribution in [3.05, 3.63) is 40.6 Å². The van der Waals surface area contributed by atoms with Crippen LogP contribution in [0.3, 0.4) is 0 Å². The lowest BCUT2D eigenvalue weighted by molar-refractivity contribution is -0.131. The minimum Gasteiger partial charge on any atom is -0.478 e. The molecule has 0 bridgehead atoms. The molecule has 2 N–H and O–H groups in total. The van der Waals surface area contributed by atoms with E-state index < -0.39 is 5.97 Å². The van der Waals surface area contributed by atoms with Gasteiger partial charge in [-0.25, -0.2) is 4.79 Å². The zero-order chi connectivity index (χ0) is 12.6. The predicted octanol–water partition coefficient (Wildman–Crippen LogP) is 3.62. The molecule has 3 nitrogen and oxygen atoms in total. The lowest BCUT2D eigenvalue weighted by Crippen LogP contribution is -1.90. The molecule has 1 heterocycles. The summed E-state index contributed by atoms with van der Waals surface area (Å²) in [6.45, 7) is 3.70. The molecule has 0 aliphatic carbocycles. The lowest BCUT2D eigenvalue weighted by Gasteiger charge is -2.01. The first-order chi connectivity index (χ1) is 7.99. The van der Waals surface area contributed by atoms with E-state index in [4.69, 9.17) is 16.7 Å². The van der Waals surface area contributed by atoms with E-state index in [1.165, 1.54) is 6.08 Å². The maximum Gasteiger partial charge on any atom is 0.328 e. The normalized spacial score (nSPS) is 12.1. The highest BCUT2D eigenvalue weighted by atomic mass is 35.5. The van der Waals surface area contributed by atoms with Gasteiger partial charge in [0.15, 0.2) is 0 Å². The van der Waals surface area contributed by atoms with Crippen molar-refractivity contribution in [2.24, 2.45) is 0 Å². The summed E-state index contributed by atoms with van der Waals surface area (Å²) in [5, 5.41) is 10.4. The molecule has 0 aliphatic heterocycles. The fraction of sp³-hybridized carbons (Fsp3) is 0.154. The molecule has 2 aromatic rings. The fourth-order valence-electron chi connectivity index (χ4n) is 2.06. The van der Waals surface area contributed by atoms with Gasteiger partial charge in [0.2, 0.25) is 0 Å². The summed E-state index contributed by atoms with van der Waals surface area (Å²) in [7, 11) is 0. The van der Waals surface area contributed by atoms with Crippen LogP contribution in [0.2, 0.25) is 5.02 Å². The van der Waals surface area contributed by atoms with E-state index in [0.717, 1.165) is 22.2 Å². The number of allylic oxidation sites excluding steroid dienone is 1. The second-order valence-electron chi connectivity index (χ2n) is 3.98. The number of fused-ring (bicyclic) bond motifs is 1. The number of nitrogens with one attached hydrogen (secondary N) is 1. The number of aryl methyl sites for hydroxylation is 1. The van der Waals surface area contributed by atoms with Crippen LogP contribution in [0.5, 0.6) is 0 Å². The van der Waals surface area contributed by atoms with Crippen molar-refractivity contribution in [1.82, 2.24) is 4.98 Å². The van der Waals surface area contributed by atoms with E-state index in [0.29, 0.717) is 10.6 Å². The minimum atomic E-state index is -0.946. The third-order valence-corrected chi connectivity index (χ3v) is 2.92. The van der Waals surface area contributed by atoms with Crippen molar-refractivity contribution in [2.75, 3.05) is 0 Å². The highest BCUT2D eigenvalue weighted by Gasteiger charge is 2.11. The number of aromatic nitrogens is 1. The summed E-state index contributed by atoms with van der Waals surface area (Å²) in [5.74, 6) is -0.946. The zero-order valence-electron chi connectivity index (χ0n) is 9.54. The average molecular weight is 250 g/mol. The number of rotatable bonds is 2. The smallest absolute Gasteiger partial charge is 0.328 e. The van der Waals surface area contributed by atoms with Crippen molar-refractivity contribution >= 4 is 34.0 Å². The molecule has 88 valence electrons. The summed E-state index contributed by atoms with van der Waals surface area (Å²) in [5.41, 5.74) is 3.52. The first kappa shape index (κ1) is 11.7. The topological polar surface area (TPSA) is 53.1 Å². The summed E-state index contributed by atoms with van der Waals surface area (Å²) < 4.78 is 0. The number of aliphatic carboxylic acids is 1. The van der Waals surface area contributed by atoms with E-state index in [1.54, 1.807) is 13.0 Å². The molecule has 0 saturated carbocycles. The number of halogens is 1. The number of hydrogen-bond acceptors (Lipinski definition) is 1. The van der Waals surface area contributed by atoms with E-state index >= 15 is 0 Å². The van der Waals surface area contributed by atoms with Gasteiger partial charge in [0.05, 0.1) is 0 Å². The quantitative estimate of drug-likeness (QED) is 0.799. The summed E-state index contributed by atoms with van der Waals surface area (Å²) in [6.07, 6.45) is 1.20. The Hall–Kier alpha value is -1.74. The van der Waals surface area contributed by atoms with Crippen LogP contribution in [0.25, 0.3) is 16.5 Å². The molecule has 0 unspecified atom stereocenters. The Balaban J connectivity index is 2.72. The number of aromatic amines is 1. The molecular formula is C13H12ClNO2. The number of benzene rings is 1. The van der Waals surface area contributed by atoms with Crippen molar-refractivity contribution < 1.29 is 9.90 Å². The van der Waals surface area contributed by atoms with Gasteiger partial charge in [0, 0.05) is 33.3 Å². The molecule has 2 rings (SSSR count). The Labute approximate surface area is 104 Å². The van der Waals surface area contributed by atoms with Gasteiger partial charge in [0.1, 0.15) is 0 Å². The van der Waals surface area contributed by atoms with Gasteiger partial charge in [-0.05, 0) is 37.6 Å². The van der Waals surface area contributed by atoms with Gasteiger partial charge in [-0.1, -0.05) is 11.6 Å². The van der Waals surface area contributed by atoms with Crippen molar-refractivity contribution in [2.45, 2.75) is 13.8 Å². The molecule has 0 aliphatic rings. The highest BCUT2D eigenvalue weighted by Crippen LogP contribution is 2.30. The van der Waals surface area contributed by atoms with Crippen molar-refractivity contribution in [1.29, 1.82) is 0 Å². The Kier molecular flexibility index (Phi) is 2.94. The van der Waals surface area contributed by atoms with Gasteiger partial charge in [-0.2, -0.15) is 0 Å². The first-order valence-corrected chi connectivity index (χ1v) is 5.56. The van der Waals surface area contributed by atoms with Crippen LogP contribution in [0, 0.1) is 6.92 Å². The Morgan fingerprint density at radius 2 is 2.18 bits per heavy atom. The Bertz CT molecular complexity index is 626. The Morgan fingerprint density at radius 1 is 1.47 bits per heavy atom. The van der Waals surface area contributed by atoms with Gasteiger partial charge in [-0.3, -0.25) is 0 Å². The molecule has 0 atom stereocenters. The van der Waals surface area contributed by atoms with Crippen LogP contribution >= 0.6 is 11.6 Å². The van der Waals surface area contributed by atoms with Gasteiger partial charge in [0.25, 0.3) is 0 Å². The number of carboxylic acids is 1. The summed E-state index contributed by atoms with van der Waals surface area (Å²) in [6, 6.07) is 5.54. The van der Waals surface area contributed by atoms with Gasteiger partial charge < -0.3 is 10.1 Å². The largest absolute Gasteiger partial charge is 0.478 e. The molecule has 0 amide bonds. The fourth-order valence-corrected chi connectivity index (χ4v) is 2.24. The molecule has 1 aromatic carbocycles. The van der Waals surface area contributed by atoms with Crippen LogP contribution in [0.4, 0.5) is 0 Å². The summed E-state index contributed by atoms with van der Waals surface area (Å²) in [4.78, 5) is 13.9. The number of hydrogen-bond donors (Lipinski definition) is 2. The highest BCUT2D eigenvalue weighted by molar-refractivity contribution is 6.31. The van der Waals surface area contributed by atoms with Crippen molar-refractivity contribution in [3.8, 4) is 0 Å². The molecule has 0 saturated heterocycles. The number of H-pyrrole nitrogens is 1. The second-order valence-corrected chi connectivity index (χ2v) is 4.42. The van der Waals surface area contributed by atoms with E-state index in [1.807, 2.05) is 19.1 Å². The minimum absolute atomic E-state index is 0.640. The number of carbonyl (C=O) groups is 1. The van der Waals surface area contributed by atoms with Crippen LogP contribution in [-0.2, 0) is 4.79 Å². The van der Waals surface area contributed by atoms with Crippen molar-refractivity contribution in [3.63, 3.8) is 0 Å². The third kappa shape index (κ3) is 2.19. The van der Waals surface area contributed by atoms with Crippen LogP contribution in [0.15, 0.2) is 24.3 Å². The lowest BCUT2D eigenvalue weighted by atomic mass is 10.0. The van der Waals surface area contributed by atoms with Crippen LogP contribution in [0.1, 0.15) is 18.2 Å². The predicted molar refractivity (Wildman–Crippen MR) is 69.3 cm³/mol. The standard InChI is InChI=1S/C13H12ClNO2/c1-7(5-12(16)17)13-8(2)15-11-4-3-9(14)6-10(11)13/h3-6,15H,1-2H3,(H,16,17)/b7-5+. The average Bonchev–Trinajstić information content (AvgIpc) is 2.52. The molecule has 0 spiro atoms. The second kappa shape index (κ2) is 4.26. The van der Waals surface area contributed by atoms with Crippen LogP contribution < -0.4 is 0 Å². The van der Waals surface area contributed by atoms with Crippen LogP contribution in [-0.4, -0.2) is 16.1 Å². The third-order valence-electron chi connectivity index (χ3n) is 2.68. The molecule has 4 heteroatoms. The number of carboxylic acid groups (broad SMARTS) is 1. The molecule has 0 fully saturated rings. The van der Waals surface area contributed by atoms with E-state index in [9.17, 15) is 4.79 Å². The molecule has 1 aromatic heterocycles. The van der Waals surface area contributed by atoms with E-state index in [-0.39, 0.29) is 0 Å². The molecule has 17 heavy (non-hydrogen) atoms. The maximum absolute atomic E-state index is 10.7. The van der Waals surface area contributed by atoms with Gasteiger partial charge in [-0.15, -0.1) is 0 Å². The zero-order valence-corrected chi connectivity index (χ0v) is 10.3. The summed E-state index contributed by atoms with van der Waals surface area (Å²) >= 11 is 5.96. The monoisotopic (exact) mass is 249 g/mol.